The molecule has 1 unspecified atom stereocenters. The first-order valence-corrected chi connectivity index (χ1v) is 4.60. The van der Waals surface area contributed by atoms with Gasteiger partial charge in [-0.05, 0) is 46.8 Å². The van der Waals surface area contributed by atoms with Crippen molar-refractivity contribution in [2.24, 2.45) is 5.73 Å². The average Bonchev–Trinajstić information content (AvgIpc) is 2.31. The second-order valence-electron chi connectivity index (χ2n) is 2.94. The highest BCUT2D eigenvalue weighted by Gasteiger charge is 2.20. The van der Waals surface area contributed by atoms with Crippen molar-refractivity contribution in [3.8, 4) is 0 Å². The zero-order valence-electron chi connectivity index (χ0n) is 6.14. The third-order valence-electron chi connectivity index (χ3n) is 2.11. The van der Waals surface area contributed by atoms with Crippen molar-refractivity contribution in [1.29, 1.82) is 0 Å². The van der Waals surface area contributed by atoms with E-state index in [2.05, 4.69) is 15.9 Å². The van der Waals surface area contributed by atoms with Gasteiger partial charge < -0.3 is 10.2 Å². The molecular weight excluding hydrogens is 206 g/mol. The highest BCUT2D eigenvalue weighted by Crippen LogP contribution is 2.32. The van der Waals surface area contributed by atoms with Gasteiger partial charge in [-0.2, -0.15) is 0 Å². The Morgan fingerprint density at radius 3 is 3.18 bits per heavy atom. The maximum absolute atomic E-state index is 5.85. The molecule has 0 radical (unpaired) electrons. The van der Waals surface area contributed by atoms with Gasteiger partial charge in [0.1, 0.15) is 5.76 Å². The van der Waals surface area contributed by atoms with Crippen LogP contribution in [-0.4, -0.2) is 0 Å². The molecule has 1 atom stereocenters. The van der Waals surface area contributed by atoms with Crippen molar-refractivity contribution in [3.63, 3.8) is 0 Å². The number of aryl methyl sites for hydroxylation is 1. The summed E-state index contributed by atoms with van der Waals surface area (Å²) in [5.41, 5.74) is 7.12. The number of halogens is 1. The Morgan fingerprint density at radius 2 is 2.45 bits per heavy atom. The molecule has 2 rings (SSSR count). The minimum absolute atomic E-state index is 0.116. The number of fused-ring (bicyclic) bond motifs is 1. The van der Waals surface area contributed by atoms with Gasteiger partial charge in [0.2, 0.25) is 0 Å². The number of hydrogen-bond donors (Lipinski definition) is 1. The predicted molar refractivity (Wildman–Crippen MR) is 46.3 cm³/mol. The second-order valence-corrected chi connectivity index (χ2v) is 3.72. The van der Waals surface area contributed by atoms with E-state index in [9.17, 15) is 0 Å². The summed E-state index contributed by atoms with van der Waals surface area (Å²) in [5.74, 6) is 0.975. The number of furan rings is 1. The van der Waals surface area contributed by atoms with Crippen LogP contribution in [0.5, 0.6) is 0 Å². The molecule has 0 aromatic carbocycles. The van der Waals surface area contributed by atoms with E-state index < -0.39 is 0 Å². The molecule has 1 aromatic rings. The predicted octanol–water partition coefficient (Wildman–Crippen LogP) is 2.38. The highest BCUT2D eigenvalue weighted by molar-refractivity contribution is 9.10. The van der Waals surface area contributed by atoms with Crippen LogP contribution in [0.25, 0.3) is 0 Å². The second kappa shape index (κ2) is 2.64. The van der Waals surface area contributed by atoms with E-state index >= 15 is 0 Å². The molecule has 1 aliphatic carbocycles. The van der Waals surface area contributed by atoms with E-state index in [1.54, 1.807) is 0 Å². The van der Waals surface area contributed by atoms with Crippen LogP contribution in [0, 0.1) is 0 Å². The molecule has 0 amide bonds. The molecule has 3 heteroatoms. The SMILES string of the molecule is NC1CCCc2cc(Br)oc21. The maximum Gasteiger partial charge on any atom is 0.169 e. The van der Waals surface area contributed by atoms with Crippen molar-refractivity contribution in [3.05, 3.63) is 22.1 Å². The zero-order valence-corrected chi connectivity index (χ0v) is 7.73. The molecule has 1 aliphatic rings. The van der Waals surface area contributed by atoms with Gasteiger partial charge in [0.15, 0.2) is 4.67 Å². The molecule has 0 aliphatic heterocycles. The Balaban J connectivity index is 2.43. The van der Waals surface area contributed by atoms with Gasteiger partial charge in [-0.3, -0.25) is 0 Å². The molecular formula is C8H10BrNO. The lowest BCUT2D eigenvalue weighted by atomic mass is 9.95. The molecule has 2 nitrogen and oxygen atoms in total. The van der Waals surface area contributed by atoms with Crippen molar-refractivity contribution in [2.45, 2.75) is 25.3 Å². The summed E-state index contributed by atoms with van der Waals surface area (Å²) >= 11 is 3.30. The van der Waals surface area contributed by atoms with Crippen molar-refractivity contribution in [2.75, 3.05) is 0 Å². The van der Waals surface area contributed by atoms with Crippen molar-refractivity contribution in [1.82, 2.24) is 0 Å². The lowest BCUT2D eigenvalue weighted by Gasteiger charge is -2.15. The monoisotopic (exact) mass is 215 g/mol. The van der Waals surface area contributed by atoms with Crippen LogP contribution in [0.1, 0.15) is 30.2 Å². The molecule has 0 bridgehead atoms. The summed E-state index contributed by atoms with van der Waals surface area (Å²) in [7, 11) is 0. The first-order chi connectivity index (χ1) is 5.27. The summed E-state index contributed by atoms with van der Waals surface area (Å²) in [6.07, 6.45) is 3.34. The summed E-state index contributed by atoms with van der Waals surface area (Å²) in [6.45, 7) is 0. The Kier molecular flexibility index (Phi) is 1.77. The smallest absolute Gasteiger partial charge is 0.169 e. The molecule has 0 saturated heterocycles. The zero-order chi connectivity index (χ0) is 7.84. The Bertz CT molecular complexity index is 269. The molecule has 0 spiro atoms. The fourth-order valence-electron chi connectivity index (χ4n) is 1.56. The summed E-state index contributed by atoms with van der Waals surface area (Å²) < 4.78 is 6.22. The van der Waals surface area contributed by atoms with Crippen molar-refractivity contribution < 1.29 is 4.42 Å². The third kappa shape index (κ3) is 1.23. The highest BCUT2D eigenvalue weighted by atomic mass is 79.9. The molecule has 11 heavy (non-hydrogen) atoms. The van der Waals surface area contributed by atoms with E-state index in [0.29, 0.717) is 0 Å². The van der Waals surface area contributed by atoms with Crippen LogP contribution in [0.4, 0.5) is 0 Å². The fourth-order valence-corrected chi connectivity index (χ4v) is 2.01. The minimum Gasteiger partial charge on any atom is -0.452 e. The van der Waals surface area contributed by atoms with Gasteiger partial charge in [-0.15, -0.1) is 0 Å². The van der Waals surface area contributed by atoms with Crippen LogP contribution in [0.15, 0.2) is 15.2 Å². The standard InChI is InChI=1S/C8H10BrNO/c9-7-4-5-2-1-3-6(10)8(5)11-7/h4,6H,1-3,10H2. The van der Waals surface area contributed by atoms with E-state index in [-0.39, 0.29) is 6.04 Å². The fraction of sp³-hybridized carbons (Fsp3) is 0.500. The maximum atomic E-state index is 5.85. The minimum atomic E-state index is 0.116. The van der Waals surface area contributed by atoms with Gasteiger partial charge in [0.05, 0.1) is 6.04 Å². The summed E-state index contributed by atoms with van der Waals surface area (Å²) in [4.78, 5) is 0. The Labute approximate surface area is 73.9 Å². The van der Waals surface area contributed by atoms with Crippen LogP contribution in [0.2, 0.25) is 0 Å². The lowest BCUT2D eigenvalue weighted by Crippen LogP contribution is -2.15. The lowest BCUT2D eigenvalue weighted by molar-refractivity contribution is 0.411. The number of rotatable bonds is 0. The molecule has 0 saturated carbocycles. The molecule has 1 aromatic heterocycles. The molecule has 1 heterocycles. The van der Waals surface area contributed by atoms with Crippen LogP contribution < -0.4 is 5.73 Å². The van der Waals surface area contributed by atoms with Gasteiger partial charge in [0.25, 0.3) is 0 Å². The van der Waals surface area contributed by atoms with E-state index in [1.165, 1.54) is 12.0 Å². The summed E-state index contributed by atoms with van der Waals surface area (Å²) in [6, 6.07) is 2.14. The van der Waals surface area contributed by atoms with Gasteiger partial charge in [0, 0.05) is 0 Å². The van der Waals surface area contributed by atoms with Gasteiger partial charge >= 0.3 is 0 Å². The third-order valence-corrected chi connectivity index (χ3v) is 2.50. The van der Waals surface area contributed by atoms with E-state index in [4.69, 9.17) is 10.2 Å². The van der Waals surface area contributed by atoms with E-state index in [1.807, 2.05) is 6.07 Å². The Hall–Kier alpha value is -0.280. The largest absolute Gasteiger partial charge is 0.452 e. The topological polar surface area (TPSA) is 39.2 Å². The van der Waals surface area contributed by atoms with Crippen LogP contribution >= 0.6 is 15.9 Å². The molecule has 0 fully saturated rings. The Morgan fingerprint density at radius 1 is 1.64 bits per heavy atom. The van der Waals surface area contributed by atoms with Crippen LogP contribution in [-0.2, 0) is 6.42 Å². The van der Waals surface area contributed by atoms with Gasteiger partial charge in [-0.1, -0.05) is 0 Å². The first kappa shape index (κ1) is 7.37. The number of hydrogen-bond acceptors (Lipinski definition) is 2. The van der Waals surface area contributed by atoms with Crippen LogP contribution in [0.3, 0.4) is 0 Å². The van der Waals surface area contributed by atoms with E-state index in [0.717, 1.165) is 23.3 Å². The van der Waals surface area contributed by atoms with Crippen molar-refractivity contribution >= 4 is 15.9 Å². The molecule has 60 valence electrons. The molecule has 2 N–H and O–H groups in total. The summed E-state index contributed by atoms with van der Waals surface area (Å²) in [5, 5.41) is 0. The average molecular weight is 216 g/mol. The quantitative estimate of drug-likeness (QED) is 0.723. The van der Waals surface area contributed by atoms with Gasteiger partial charge in [-0.25, -0.2) is 0 Å². The number of nitrogens with two attached hydrogens (primary N) is 1. The normalized spacial score (nSPS) is 23.3. The first-order valence-electron chi connectivity index (χ1n) is 3.81.